The highest BCUT2D eigenvalue weighted by Gasteiger charge is 2.05. The molecule has 0 saturated carbocycles. The molecule has 0 aliphatic heterocycles. The second-order valence-electron chi connectivity index (χ2n) is 2.06. The summed E-state index contributed by atoms with van der Waals surface area (Å²) in [7, 11) is 0. The van der Waals surface area contributed by atoms with Crippen molar-refractivity contribution < 1.29 is 20.1 Å². The van der Waals surface area contributed by atoms with Crippen LogP contribution in [-0.4, -0.2) is 40.0 Å². The minimum atomic E-state index is -0.833. The maximum atomic E-state index is 9.00. The van der Waals surface area contributed by atoms with Crippen LogP contribution in [0.5, 0.6) is 0 Å². The average molecular weight is 165 g/mol. The fourth-order valence-corrected chi connectivity index (χ4v) is 0.197. The number of hydrogen-bond acceptors (Lipinski definition) is 4. The van der Waals surface area contributed by atoms with Gasteiger partial charge < -0.3 is 21.1 Å². The summed E-state index contributed by atoms with van der Waals surface area (Å²) in [5.74, 6) is -0.833. The molecule has 11 heavy (non-hydrogen) atoms. The fourth-order valence-electron chi connectivity index (χ4n) is 0.197. The van der Waals surface area contributed by atoms with Crippen LogP contribution in [0.1, 0.15) is 13.8 Å². The summed E-state index contributed by atoms with van der Waals surface area (Å²) >= 11 is 0. The molecule has 0 rings (SSSR count). The van der Waals surface area contributed by atoms with Crippen LogP contribution in [0.2, 0.25) is 0 Å². The van der Waals surface area contributed by atoms with Gasteiger partial charge in [0.25, 0.3) is 5.97 Å². The number of aliphatic hydroxyl groups excluding tert-OH is 2. The minimum absolute atomic E-state index is 0.123. The van der Waals surface area contributed by atoms with Gasteiger partial charge in [-0.25, -0.2) is 0 Å². The summed E-state index contributed by atoms with van der Waals surface area (Å²) in [4.78, 5) is 9.00. The number of aliphatic carboxylic acids is 1. The zero-order valence-electron chi connectivity index (χ0n) is 6.69. The third-order valence-electron chi connectivity index (χ3n) is 0.798. The molecular formula is C6H15NO4. The third-order valence-corrected chi connectivity index (χ3v) is 0.798. The molecule has 0 bridgehead atoms. The number of carbonyl (C=O) groups is 1. The van der Waals surface area contributed by atoms with E-state index >= 15 is 0 Å². The van der Waals surface area contributed by atoms with Crippen LogP contribution in [0.4, 0.5) is 0 Å². The molecule has 0 amide bonds. The lowest BCUT2D eigenvalue weighted by Crippen LogP contribution is -2.30. The van der Waals surface area contributed by atoms with Crippen molar-refractivity contribution >= 4 is 5.97 Å². The molecule has 0 saturated heterocycles. The Hall–Kier alpha value is -0.650. The minimum Gasteiger partial charge on any atom is -0.481 e. The van der Waals surface area contributed by atoms with Crippen molar-refractivity contribution in [1.29, 1.82) is 0 Å². The van der Waals surface area contributed by atoms with Gasteiger partial charge in [0, 0.05) is 13.5 Å². The van der Waals surface area contributed by atoms with Gasteiger partial charge in [-0.05, 0) is 6.92 Å². The number of carboxylic acid groups (broad SMARTS) is 1. The lowest BCUT2D eigenvalue weighted by atomic mass is 10.2. The van der Waals surface area contributed by atoms with Crippen molar-refractivity contribution in [2.75, 3.05) is 6.54 Å². The van der Waals surface area contributed by atoms with E-state index in [1.807, 2.05) is 0 Å². The number of hydrogen-bond donors (Lipinski definition) is 4. The summed E-state index contributed by atoms with van der Waals surface area (Å²) in [5.41, 5.74) is 4.96. The molecule has 0 fully saturated rings. The maximum absolute atomic E-state index is 9.00. The van der Waals surface area contributed by atoms with Crippen molar-refractivity contribution in [3.63, 3.8) is 0 Å². The van der Waals surface area contributed by atoms with E-state index in [1.54, 1.807) is 0 Å². The maximum Gasteiger partial charge on any atom is 0.300 e. The van der Waals surface area contributed by atoms with E-state index < -0.39 is 18.2 Å². The van der Waals surface area contributed by atoms with Crippen molar-refractivity contribution in [3.8, 4) is 0 Å². The van der Waals surface area contributed by atoms with E-state index in [1.165, 1.54) is 6.92 Å². The molecule has 0 aliphatic carbocycles. The number of carboxylic acids is 1. The zero-order valence-corrected chi connectivity index (χ0v) is 6.69. The number of rotatable bonds is 2. The van der Waals surface area contributed by atoms with Crippen LogP contribution >= 0.6 is 0 Å². The van der Waals surface area contributed by atoms with Gasteiger partial charge in [0.2, 0.25) is 0 Å². The molecule has 0 spiro atoms. The molecule has 0 aliphatic rings. The smallest absolute Gasteiger partial charge is 0.300 e. The highest BCUT2D eigenvalue weighted by atomic mass is 16.4. The number of aliphatic hydroxyl groups is 2. The molecule has 0 aromatic rings. The molecule has 2 unspecified atom stereocenters. The molecule has 5 N–H and O–H groups in total. The molecule has 0 heterocycles. The molecule has 0 aromatic heterocycles. The first kappa shape index (κ1) is 13.0. The Morgan fingerprint density at radius 3 is 1.82 bits per heavy atom. The van der Waals surface area contributed by atoms with Crippen LogP contribution in [0.15, 0.2) is 0 Å². The molecule has 0 aromatic carbocycles. The van der Waals surface area contributed by atoms with Gasteiger partial charge >= 0.3 is 0 Å². The molecular weight excluding hydrogens is 150 g/mol. The van der Waals surface area contributed by atoms with E-state index in [0.29, 0.717) is 0 Å². The second kappa shape index (κ2) is 7.46. The van der Waals surface area contributed by atoms with Crippen molar-refractivity contribution in [2.24, 2.45) is 5.73 Å². The van der Waals surface area contributed by atoms with Crippen LogP contribution in [0, 0.1) is 0 Å². The zero-order chi connectivity index (χ0) is 9.44. The first-order chi connectivity index (χ1) is 4.91. The van der Waals surface area contributed by atoms with E-state index in [0.717, 1.165) is 6.92 Å². The molecule has 68 valence electrons. The summed E-state index contributed by atoms with van der Waals surface area (Å²) in [5, 5.41) is 24.5. The predicted molar refractivity (Wildman–Crippen MR) is 40.1 cm³/mol. The van der Waals surface area contributed by atoms with Gasteiger partial charge in [0.15, 0.2) is 0 Å². The Morgan fingerprint density at radius 1 is 1.55 bits per heavy atom. The lowest BCUT2D eigenvalue weighted by molar-refractivity contribution is -0.134. The van der Waals surface area contributed by atoms with E-state index in [4.69, 9.17) is 25.8 Å². The molecule has 2 atom stereocenters. The number of nitrogens with two attached hydrogens (primary N) is 1. The van der Waals surface area contributed by atoms with Gasteiger partial charge in [-0.2, -0.15) is 0 Å². The molecule has 5 heteroatoms. The topological polar surface area (TPSA) is 104 Å². The summed E-state index contributed by atoms with van der Waals surface area (Å²) in [6.45, 7) is 2.70. The summed E-state index contributed by atoms with van der Waals surface area (Å²) < 4.78 is 0. The SMILES string of the molecule is CC(=O)O.CC(O)C(O)CN. The monoisotopic (exact) mass is 165 g/mol. The first-order valence-electron chi connectivity index (χ1n) is 3.17. The van der Waals surface area contributed by atoms with Crippen LogP contribution in [0.25, 0.3) is 0 Å². The third kappa shape index (κ3) is 17.6. The first-order valence-corrected chi connectivity index (χ1v) is 3.17. The Kier molecular flexibility index (Phi) is 8.80. The Labute approximate surface area is 65.5 Å². The average Bonchev–Trinajstić information content (AvgIpc) is 1.85. The van der Waals surface area contributed by atoms with Gasteiger partial charge in [-0.15, -0.1) is 0 Å². The largest absolute Gasteiger partial charge is 0.481 e. The normalized spacial score (nSPS) is 14.3. The van der Waals surface area contributed by atoms with Crippen LogP contribution in [0.3, 0.4) is 0 Å². The van der Waals surface area contributed by atoms with Crippen molar-refractivity contribution in [2.45, 2.75) is 26.1 Å². The Balaban J connectivity index is 0. The fraction of sp³-hybridized carbons (Fsp3) is 0.833. The Morgan fingerprint density at radius 2 is 1.82 bits per heavy atom. The van der Waals surface area contributed by atoms with Crippen molar-refractivity contribution in [1.82, 2.24) is 0 Å². The highest BCUT2D eigenvalue weighted by Crippen LogP contribution is 1.85. The summed E-state index contributed by atoms with van der Waals surface area (Å²) in [6, 6.07) is 0. The van der Waals surface area contributed by atoms with E-state index in [-0.39, 0.29) is 6.54 Å². The standard InChI is InChI=1S/C4H11NO2.C2H4O2/c1-3(6)4(7)2-5;1-2(3)4/h3-4,6-7H,2,5H2,1H3;1H3,(H,3,4). The van der Waals surface area contributed by atoms with E-state index in [9.17, 15) is 0 Å². The van der Waals surface area contributed by atoms with Gasteiger partial charge in [0.05, 0.1) is 12.2 Å². The summed E-state index contributed by atoms with van der Waals surface area (Å²) in [6.07, 6.45) is -1.47. The van der Waals surface area contributed by atoms with Crippen molar-refractivity contribution in [3.05, 3.63) is 0 Å². The van der Waals surface area contributed by atoms with Gasteiger partial charge in [-0.1, -0.05) is 0 Å². The van der Waals surface area contributed by atoms with Crippen LogP contribution in [-0.2, 0) is 4.79 Å². The second-order valence-corrected chi connectivity index (χ2v) is 2.06. The quantitative estimate of drug-likeness (QED) is 0.410. The Bertz CT molecular complexity index is 101. The lowest BCUT2D eigenvalue weighted by Gasteiger charge is -2.08. The highest BCUT2D eigenvalue weighted by molar-refractivity contribution is 5.62. The van der Waals surface area contributed by atoms with Crippen LogP contribution < -0.4 is 5.73 Å². The van der Waals surface area contributed by atoms with Gasteiger partial charge in [0.1, 0.15) is 0 Å². The van der Waals surface area contributed by atoms with Gasteiger partial charge in [-0.3, -0.25) is 4.79 Å². The molecule has 5 nitrogen and oxygen atoms in total. The molecule has 0 radical (unpaired) electrons. The van der Waals surface area contributed by atoms with E-state index in [2.05, 4.69) is 0 Å². The predicted octanol–water partition coefficient (Wildman–Crippen LogP) is -1.22.